The molecule has 0 radical (unpaired) electrons. The number of carbonyl (C=O) groups is 1. The van der Waals surface area contributed by atoms with Crippen LogP contribution in [0.2, 0.25) is 0 Å². The van der Waals surface area contributed by atoms with Crippen molar-refractivity contribution in [2.45, 2.75) is 6.61 Å². The molecule has 21 heavy (non-hydrogen) atoms. The van der Waals surface area contributed by atoms with Crippen LogP contribution in [-0.4, -0.2) is 20.9 Å². The number of benzene rings is 2. The number of aromatic carboxylic acids is 1. The van der Waals surface area contributed by atoms with E-state index >= 15 is 0 Å². The van der Waals surface area contributed by atoms with Crippen molar-refractivity contribution < 1.29 is 14.6 Å². The Hall–Kier alpha value is -2.82. The maximum Gasteiger partial charge on any atom is 0.335 e. The largest absolute Gasteiger partial charge is 0.487 e. The van der Waals surface area contributed by atoms with Gasteiger partial charge in [0.15, 0.2) is 0 Å². The summed E-state index contributed by atoms with van der Waals surface area (Å²) in [5.74, 6) is -0.327. The van der Waals surface area contributed by atoms with Gasteiger partial charge < -0.3 is 9.84 Å². The van der Waals surface area contributed by atoms with Gasteiger partial charge in [0.05, 0.1) is 11.1 Å². The number of fused-ring (bicyclic) bond motifs is 1. The van der Waals surface area contributed by atoms with Crippen LogP contribution in [-0.2, 0) is 13.7 Å². The lowest BCUT2D eigenvalue weighted by Gasteiger charge is -2.04. The highest BCUT2D eigenvalue weighted by Crippen LogP contribution is 2.20. The Bertz CT molecular complexity index is 791. The average molecular weight is 282 g/mol. The summed E-state index contributed by atoms with van der Waals surface area (Å²) in [5.41, 5.74) is 2.15. The van der Waals surface area contributed by atoms with Crippen LogP contribution in [0.1, 0.15) is 16.1 Å². The van der Waals surface area contributed by atoms with E-state index < -0.39 is 5.97 Å². The third-order valence-electron chi connectivity index (χ3n) is 3.31. The highest BCUT2D eigenvalue weighted by atomic mass is 16.5. The first-order valence-electron chi connectivity index (χ1n) is 6.52. The van der Waals surface area contributed by atoms with E-state index in [4.69, 9.17) is 9.84 Å². The second-order valence-electron chi connectivity index (χ2n) is 4.71. The van der Waals surface area contributed by atoms with Gasteiger partial charge in [0.25, 0.3) is 0 Å². The summed E-state index contributed by atoms with van der Waals surface area (Å²) < 4.78 is 7.50. The molecule has 3 aromatic rings. The predicted octanol–water partition coefficient (Wildman–Crippen LogP) is 2.85. The number of rotatable bonds is 4. The number of carboxylic acid groups (broad SMARTS) is 1. The Morgan fingerprint density at radius 1 is 1.19 bits per heavy atom. The van der Waals surface area contributed by atoms with E-state index in [0.29, 0.717) is 12.4 Å². The van der Waals surface area contributed by atoms with E-state index in [1.165, 1.54) is 12.1 Å². The van der Waals surface area contributed by atoms with E-state index in [-0.39, 0.29) is 5.56 Å². The van der Waals surface area contributed by atoms with Crippen molar-refractivity contribution in [3.05, 3.63) is 59.8 Å². The fourth-order valence-corrected chi connectivity index (χ4v) is 2.24. The number of hydrogen-bond acceptors (Lipinski definition) is 3. The van der Waals surface area contributed by atoms with Crippen LogP contribution in [0.5, 0.6) is 5.75 Å². The molecular formula is C16H14N2O3. The van der Waals surface area contributed by atoms with Crippen molar-refractivity contribution in [2.24, 2.45) is 7.05 Å². The van der Waals surface area contributed by atoms with Crippen molar-refractivity contribution in [3.8, 4) is 5.75 Å². The maximum atomic E-state index is 10.8. The molecule has 106 valence electrons. The zero-order valence-electron chi connectivity index (χ0n) is 11.5. The average Bonchev–Trinajstić information content (AvgIpc) is 2.83. The monoisotopic (exact) mass is 282 g/mol. The molecule has 1 N–H and O–H groups in total. The van der Waals surface area contributed by atoms with Crippen LogP contribution in [0.15, 0.2) is 48.5 Å². The van der Waals surface area contributed by atoms with Crippen molar-refractivity contribution in [3.63, 3.8) is 0 Å². The molecular weight excluding hydrogens is 268 g/mol. The fourth-order valence-electron chi connectivity index (χ4n) is 2.24. The minimum absolute atomic E-state index is 0.241. The first-order chi connectivity index (χ1) is 10.1. The first kappa shape index (κ1) is 13.2. The van der Waals surface area contributed by atoms with Gasteiger partial charge in [-0.3, -0.25) is 4.68 Å². The van der Waals surface area contributed by atoms with Gasteiger partial charge in [0.1, 0.15) is 18.1 Å². The molecule has 0 spiro atoms. The van der Waals surface area contributed by atoms with Gasteiger partial charge in [-0.15, -0.1) is 0 Å². The molecule has 0 unspecified atom stereocenters. The van der Waals surface area contributed by atoms with Crippen molar-refractivity contribution in [1.82, 2.24) is 9.78 Å². The normalized spacial score (nSPS) is 10.7. The van der Waals surface area contributed by atoms with E-state index in [1.54, 1.807) is 12.1 Å². The van der Waals surface area contributed by atoms with Crippen LogP contribution < -0.4 is 4.74 Å². The molecule has 0 atom stereocenters. The predicted molar refractivity (Wildman–Crippen MR) is 78.4 cm³/mol. The molecule has 0 bridgehead atoms. The number of aryl methyl sites for hydroxylation is 1. The lowest BCUT2D eigenvalue weighted by atomic mass is 10.2. The van der Waals surface area contributed by atoms with Gasteiger partial charge in [-0.25, -0.2) is 4.79 Å². The molecule has 1 heterocycles. The summed E-state index contributed by atoms with van der Waals surface area (Å²) in [6, 6.07) is 14.3. The zero-order chi connectivity index (χ0) is 14.8. The third kappa shape index (κ3) is 2.58. The number of carboxylic acids is 1. The summed E-state index contributed by atoms with van der Waals surface area (Å²) in [6.07, 6.45) is 0. The van der Waals surface area contributed by atoms with Crippen molar-refractivity contribution in [1.29, 1.82) is 0 Å². The minimum atomic E-state index is -0.947. The molecule has 0 fully saturated rings. The molecule has 0 aliphatic heterocycles. The summed E-state index contributed by atoms with van der Waals surface area (Å²) in [6.45, 7) is 0.341. The van der Waals surface area contributed by atoms with Gasteiger partial charge >= 0.3 is 5.97 Å². The lowest BCUT2D eigenvalue weighted by Crippen LogP contribution is -1.99. The van der Waals surface area contributed by atoms with Gasteiger partial charge in [-0.05, 0) is 30.3 Å². The molecule has 0 aliphatic rings. The highest BCUT2D eigenvalue weighted by molar-refractivity contribution is 5.87. The van der Waals surface area contributed by atoms with Crippen LogP contribution in [0, 0.1) is 0 Å². The number of nitrogens with zero attached hydrogens (tertiary/aromatic N) is 2. The maximum absolute atomic E-state index is 10.8. The molecule has 3 rings (SSSR count). The second-order valence-corrected chi connectivity index (χ2v) is 4.71. The highest BCUT2D eigenvalue weighted by Gasteiger charge is 2.08. The summed E-state index contributed by atoms with van der Waals surface area (Å²) in [5, 5.41) is 14.4. The Kier molecular flexibility index (Phi) is 3.31. The molecule has 1 aromatic heterocycles. The van der Waals surface area contributed by atoms with Crippen LogP contribution in [0.4, 0.5) is 0 Å². The van der Waals surface area contributed by atoms with Crippen molar-refractivity contribution in [2.75, 3.05) is 0 Å². The standard InChI is InChI=1S/C16H14N2O3/c1-18-15-5-3-2-4-13(15)14(17-18)10-21-12-8-6-11(7-9-12)16(19)20/h2-9H,10H2,1H3,(H,19,20). The van der Waals surface area contributed by atoms with Crippen LogP contribution in [0.25, 0.3) is 10.9 Å². The summed E-state index contributed by atoms with van der Waals surface area (Å²) in [7, 11) is 1.90. The lowest BCUT2D eigenvalue weighted by molar-refractivity contribution is 0.0697. The van der Waals surface area contributed by atoms with Gasteiger partial charge in [0, 0.05) is 12.4 Å². The van der Waals surface area contributed by atoms with E-state index in [2.05, 4.69) is 5.10 Å². The number of ether oxygens (including phenoxy) is 1. The fraction of sp³-hybridized carbons (Fsp3) is 0.125. The van der Waals surface area contributed by atoms with Crippen LogP contribution >= 0.6 is 0 Å². The van der Waals surface area contributed by atoms with Crippen molar-refractivity contribution >= 4 is 16.9 Å². The van der Waals surface area contributed by atoms with Gasteiger partial charge in [0.2, 0.25) is 0 Å². The van der Waals surface area contributed by atoms with Gasteiger partial charge in [-0.2, -0.15) is 5.10 Å². The summed E-state index contributed by atoms with van der Waals surface area (Å²) in [4.78, 5) is 10.8. The Labute approximate surface area is 121 Å². The molecule has 5 heteroatoms. The molecule has 0 amide bonds. The zero-order valence-corrected chi connectivity index (χ0v) is 11.5. The van der Waals surface area contributed by atoms with E-state index in [0.717, 1.165) is 16.6 Å². The second kappa shape index (κ2) is 5.28. The van der Waals surface area contributed by atoms with E-state index in [1.807, 2.05) is 36.0 Å². The Balaban J connectivity index is 1.79. The molecule has 0 aliphatic carbocycles. The Morgan fingerprint density at radius 3 is 2.62 bits per heavy atom. The quantitative estimate of drug-likeness (QED) is 0.799. The first-order valence-corrected chi connectivity index (χ1v) is 6.52. The van der Waals surface area contributed by atoms with E-state index in [9.17, 15) is 4.79 Å². The Morgan fingerprint density at radius 2 is 1.90 bits per heavy atom. The number of hydrogen-bond donors (Lipinski definition) is 1. The third-order valence-corrected chi connectivity index (χ3v) is 3.31. The number of para-hydroxylation sites is 1. The molecule has 5 nitrogen and oxygen atoms in total. The number of aromatic nitrogens is 2. The summed E-state index contributed by atoms with van der Waals surface area (Å²) >= 11 is 0. The molecule has 0 saturated carbocycles. The SMILES string of the molecule is Cn1nc(COc2ccc(C(=O)O)cc2)c2ccccc21. The van der Waals surface area contributed by atoms with Crippen LogP contribution in [0.3, 0.4) is 0 Å². The molecule has 2 aromatic carbocycles. The molecule has 0 saturated heterocycles. The topological polar surface area (TPSA) is 64.4 Å². The minimum Gasteiger partial charge on any atom is -0.487 e. The smallest absolute Gasteiger partial charge is 0.335 e. The van der Waals surface area contributed by atoms with Gasteiger partial charge in [-0.1, -0.05) is 18.2 Å².